The van der Waals surface area contributed by atoms with Gasteiger partial charge in [0, 0.05) is 17.7 Å². The van der Waals surface area contributed by atoms with Crippen molar-refractivity contribution in [1.29, 1.82) is 0 Å². The fraction of sp³-hybridized carbons (Fsp3) is 0.300. The van der Waals surface area contributed by atoms with Crippen LogP contribution < -0.4 is 48.1 Å². The van der Waals surface area contributed by atoms with Crippen molar-refractivity contribution < 1.29 is 52.3 Å². The molecule has 1 N–H and O–H groups in total. The van der Waals surface area contributed by atoms with E-state index in [-0.39, 0.29) is 30.6 Å². The van der Waals surface area contributed by atoms with Crippen molar-refractivity contribution in [3.8, 4) is 17.2 Å². The molecule has 1 aromatic heterocycles. The van der Waals surface area contributed by atoms with Crippen molar-refractivity contribution in [3.05, 3.63) is 47.8 Å². The summed E-state index contributed by atoms with van der Waals surface area (Å²) in [4.78, 5) is 12.0. The van der Waals surface area contributed by atoms with Crippen molar-refractivity contribution >= 4 is 17.9 Å². The van der Waals surface area contributed by atoms with Crippen LogP contribution in [0.5, 0.6) is 17.2 Å². The van der Waals surface area contributed by atoms with Crippen LogP contribution in [0.4, 0.5) is 4.79 Å². The van der Waals surface area contributed by atoms with E-state index in [1.807, 2.05) is 42.2 Å². The maximum atomic E-state index is 12.0. The third-order valence-corrected chi connectivity index (χ3v) is 3.80. The Morgan fingerprint density at radius 1 is 1.07 bits per heavy atom. The smallest absolute Gasteiger partial charge is 0.411 e. The number of pyridine rings is 1. The molecule has 152 valence electrons. The summed E-state index contributed by atoms with van der Waals surface area (Å²) in [5.41, 5.74) is 2.18. The van der Waals surface area contributed by atoms with Gasteiger partial charge in [-0.2, -0.15) is 0 Å². The van der Waals surface area contributed by atoms with E-state index in [4.69, 9.17) is 18.9 Å². The lowest BCUT2D eigenvalue weighted by atomic mass is 10.1. The zero-order valence-electron chi connectivity index (χ0n) is 16.6. The summed E-state index contributed by atoms with van der Waals surface area (Å²) in [7, 11) is 6.58. The maximum absolute atomic E-state index is 12.0. The summed E-state index contributed by atoms with van der Waals surface area (Å²) >= 11 is 0. The molecular formula is C20H25IN2O5. The molecule has 0 saturated heterocycles. The molecule has 0 radical (unpaired) electrons. The van der Waals surface area contributed by atoms with Crippen molar-refractivity contribution in [2.45, 2.75) is 6.92 Å². The molecule has 0 saturated carbocycles. The first-order chi connectivity index (χ1) is 13.0. The molecule has 0 atom stereocenters. The largest absolute Gasteiger partial charge is 1.00 e. The van der Waals surface area contributed by atoms with Crippen LogP contribution in [0.3, 0.4) is 0 Å². The Labute approximate surface area is 182 Å². The van der Waals surface area contributed by atoms with Crippen LogP contribution in [0, 0.1) is 0 Å². The molecule has 2 aromatic rings. The van der Waals surface area contributed by atoms with E-state index in [2.05, 4.69) is 5.32 Å². The molecule has 0 aliphatic rings. The van der Waals surface area contributed by atoms with Crippen LogP contribution in [0.25, 0.3) is 11.8 Å². The van der Waals surface area contributed by atoms with Crippen LogP contribution in [0.2, 0.25) is 0 Å². The van der Waals surface area contributed by atoms with Gasteiger partial charge in [-0.3, -0.25) is 5.32 Å². The van der Waals surface area contributed by atoms with Crippen molar-refractivity contribution in [2.24, 2.45) is 7.05 Å². The Morgan fingerprint density at radius 3 is 2.11 bits per heavy atom. The number of aromatic nitrogens is 1. The molecule has 0 unspecified atom stereocenters. The molecule has 8 heteroatoms. The molecule has 0 aliphatic heterocycles. The van der Waals surface area contributed by atoms with E-state index in [0.29, 0.717) is 22.9 Å². The molecule has 1 aromatic carbocycles. The lowest BCUT2D eigenvalue weighted by Gasteiger charge is -2.14. The quantitative estimate of drug-likeness (QED) is 0.421. The zero-order valence-corrected chi connectivity index (χ0v) is 18.8. The first-order valence-electron chi connectivity index (χ1n) is 8.43. The van der Waals surface area contributed by atoms with Crippen LogP contribution in [-0.2, 0) is 11.8 Å². The number of halogens is 1. The summed E-state index contributed by atoms with van der Waals surface area (Å²) < 4.78 is 23.1. The average Bonchev–Trinajstić information content (AvgIpc) is 2.67. The van der Waals surface area contributed by atoms with Crippen LogP contribution in [-0.4, -0.2) is 34.0 Å². The van der Waals surface area contributed by atoms with Crippen LogP contribution >= 0.6 is 0 Å². The number of alkyl carbamates (subject to hydrolysis) is 1. The number of hydrogen-bond acceptors (Lipinski definition) is 5. The van der Waals surface area contributed by atoms with Gasteiger partial charge in [0.15, 0.2) is 23.9 Å². The predicted molar refractivity (Wildman–Crippen MR) is 102 cm³/mol. The topological polar surface area (TPSA) is 69.9 Å². The fourth-order valence-corrected chi connectivity index (χ4v) is 2.50. The summed E-state index contributed by atoms with van der Waals surface area (Å²) in [6, 6.07) is 7.40. The Morgan fingerprint density at radius 2 is 1.64 bits per heavy atom. The summed E-state index contributed by atoms with van der Waals surface area (Å²) in [5, 5.41) is 2.78. The normalized spacial score (nSPS) is 10.5. The lowest BCUT2D eigenvalue weighted by molar-refractivity contribution is -0.671. The first kappa shape index (κ1) is 23.5. The van der Waals surface area contributed by atoms with Gasteiger partial charge in [-0.25, -0.2) is 9.36 Å². The highest BCUT2D eigenvalue weighted by Gasteiger charge is 2.14. The van der Waals surface area contributed by atoms with Crippen LogP contribution in [0.15, 0.2) is 36.7 Å². The second-order valence-corrected chi connectivity index (χ2v) is 5.61. The molecular weight excluding hydrogens is 475 g/mol. The molecule has 1 amide bonds. The van der Waals surface area contributed by atoms with E-state index in [9.17, 15) is 4.79 Å². The van der Waals surface area contributed by atoms with Crippen molar-refractivity contribution in [2.75, 3.05) is 27.9 Å². The van der Waals surface area contributed by atoms with Crippen LogP contribution in [0.1, 0.15) is 18.1 Å². The third-order valence-electron chi connectivity index (χ3n) is 3.80. The van der Waals surface area contributed by atoms with Gasteiger partial charge in [-0.15, -0.1) is 0 Å². The number of rotatable bonds is 7. The monoisotopic (exact) mass is 500 g/mol. The van der Waals surface area contributed by atoms with Crippen molar-refractivity contribution in [3.63, 3.8) is 0 Å². The second kappa shape index (κ2) is 11.4. The van der Waals surface area contributed by atoms with Gasteiger partial charge in [0.2, 0.25) is 5.75 Å². The van der Waals surface area contributed by atoms with Gasteiger partial charge >= 0.3 is 6.09 Å². The average molecular weight is 500 g/mol. The number of methoxy groups -OCH3 is 3. The highest BCUT2D eigenvalue weighted by molar-refractivity contribution is 5.89. The zero-order chi connectivity index (χ0) is 19.8. The van der Waals surface area contributed by atoms with Crippen molar-refractivity contribution in [1.82, 2.24) is 5.32 Å². The SMILES string of the molecule is CCOC(=O)N/C(=C\c1cc(OC)c(OC)c(OC)c1)c1cc[n+](C)cc1.[I-]. The van der Waals surface area contributed by atoms with Gasteiger partial charge in [0.05, 0.1) is 33.6 Å². The highest BCUT2D eigenvalue weighted by Crippen LogP contribution is 2.38. The number of carbonyl (C=O) groups is 1. The molecule has 0 bridgehead atoms. The third kappa shape index (κ3) is 6.01. The number of carbonyl (C=O) groups excluding carboxylic acids is 1. The number of ether oxygens (including phenoxy) is 4. The van der Waals surface area contributed by atoms with E-state index in [0.717, 1.165) is 11.1 Å². The molecule has 1 heterocycles. The summed E-state index contributed by atoms with van der Waals surface area (Å²) in [6.07, 6.45) is 5.08. The minimum Gasteiger partial charge on any atom is -1.00 e. The van der Waals surface area contributed by atoms with Gasteiger partial charge in [0.25, 0.3) is 0 Å². The minimum atomic E-state index is -0.524. The predicted octanol–water partition coefficient (Wildman–Crippen LogP) is -0.215. The van der Waals surface area contributed by atoms with E-state index < -0.39 is 6.09 Å². The second-order valence-electron chi connectivity index (χ2n) is 5.61. The standard InChI is InChI=1S/C20H24N2O5.HI/c1-6-27-20(23)21-16(15-7-9-22(2)10-8-15)11-14-12-17(24-3)19(26-5)18(13-14)25-4;/h7-13H,6H2,1-5H3;1H/b16-11-;. The number of nitrogens with zero attached hydrogens (tertiary/aromatic N) is 1. The van der Waals surface area contributed by atoms with Gasteiger partial charge in [0.1, 0.15) is 7.05 Å². The van der Waals surface area contributed by atoms with Gasteiger partial charge < -0.3 is 42.9 Å². The molecule has 0 fully saturated rings. The number of amides is 1. The molecule has 7 nitrogen and oxygen atoms in total. The number of benzene rings is 1. The number of hydrogen-bond donors (Lipinski definition) is 1. The fourth-order valence-electron chi connectivity index (χ4n) is 2.50. The molecule has 0 spiro atoms. The summed E-state index contributed by atoms with van der Waals surface area (Å²) in [6.45, 7) is 2.04. The summed E-state index contributed by atoms with van der Waals surface area (Å²) in [5.74, 6) is 1.56. The maximum Gasteiger partial charge on any atom is 0.411 e. The minimum absolute atomic E-state index is 0. The highest BCUT2D eigenvalue weighted by atomic mass is 127. The van der Waals surface area contributed by atoms with E-state index in [1.165, 1.54) is 0 Å². The Bertz CT molecular complexity index is 797. The van der Waals surface area contributed by atoms with Gasteiger partial charge in [-0.05, 0) is 30.7 Å². The Balaban J connectivity index is 0.00000392. The number of aryl methyl sites for hydroxylation is 1. The first-order valence-corrected chi connectivity index (χ1v) is 8.43. The molecule has 0 aliphatic carbocycles. The van der Waals surface area contributed by atoms with E-state index in [1.54, 1.807) is 40.4 Å². The van der Waals surface area contributed by atoms with Gasteiger partial charge in [-0.1, -0.05) is 0 Å². The number of nitrogens with one attached hydrogen (secondary N) is 1. The molecule has 28 heavy (non-hydrogen) atoms. The van der Waals surface area contributed by atoms with E-state index >= 15 is 0 Å². The molecule has 2 rings (SSSR count). The Hall–Kier alpha value is -2.49. The Kier molecular flexibility index (Phi) is 9.57. The lowest BCUT2D eigenvalue weighted by Crippen LogP contribution is -3.00.